The van der Waals surface area contributed by atoms with E-state index < -0.39 is 0 Å². The van der Waals surface area contributed by atoms with E-state index in [0.717, 1.165) is 32.6 Å². The Bertz CT molecular complexity index is 457. The SMILES string of the molecule is CCOc1cc([C@@H](CC)N2CCNCC2)cc(Br)c1O.Cl.Cl. The fraction of sp³-hybridized carbons (Fsp3) is 0.600. The van der Waals surface area contributed by atoms with Gasteiger partial charge in [-0.2, -0.15) is 0 Å². The molecule has 1 aliphatic heterocycles. The number of nitrogens with zero attached hydrogens (tertiary/aromatic N) is 1. The van der Waals surface area contributed by atoms with Gasteiger partial charge in [-0.1, -0.05) is 6.92 Å². The Balaban J connectivity index is 0.00000220. The zero-order chi connectivity index (χ0) is 14.5. The molecule has 4 nitrogen and oxygen atoms in total. The molecule has 0 amide bonds. The predicted octanol–water partition coefficient (Wildman–Crippen LogP) is 3.75. The molecule has 0 radical (unpaired) electrons. The largest absolute Gasteiger partial charge is 0.503 e. The third kappa shape index (κ3) is 5.17. The van der Waals surface area contributed by atoms with E-state index in [1.165, 1.54) is 5.56 Å². The molecule has 1 aromatic rings. The van der Waals surface area contributed by atoms with Crippen LogP contribution in [0.3, 0.4) is 0 Å². The van der Waals surface area contributed by atoms with Crippen molar-refractivity contribution in [1.82, 2.24) is 10.2 Å². The van der Waals surface area contributed by atoms with E-state index in [0.29, 0.717) is 22.9 Å². The molecular weight excluding hydrogens is 391 g/mol. The minimum absolute atomic E-state index is 0. The highest BCUT2D eigenvalue weighted by atomic mass is 79.9. The fourth-order valence-corrected chi connectivity index (χ4v) is 3.21. The number of ether oxygens (including phenoxy) is 1. The summed E-state index contributed by atoms with van der Waals surface area (Å²) in [5.41, 5.74) is 1.20. The Kier molecular flexibility index (Phi) is 10.5. The molecule has 0 aliphatic carbocycles. The van der Waals surface area contributed by atoms with Crippen molar-refractivity contribution in [3.05, 3.63) is 22.2 Å². The van der Waals surface area contributed by atoms with Crippen LogP contribution in [0.5, 0.6) is 11.5 Å². The van der Waals surface area contributed by atoms with Crippen molar-refractivity contribution in [2.45, 2.75) is 26.3 Å². The Morgan fingerprint density at radius 3 is 2.45 bits per heavy atom. The molecule has 0 saturated carbocycles. The van der Waals surface area contributed by atoms with Crippen LogP contribution < -0.4 is 10.1 Å². The predicted molar refractivity (Wildman–Crippen MR) is 98.9 cm³/mol. The first-order valence-corrected chi connectivity index (χ1v) is 8.06. The summed E-state index contributed by atoms with van der Waals surface area (Å²) < 4.78 is 6.23. The number of aromatic hydroxyl groups is 1. The van der Waals surface area contributed by atoms with Gasteiger partial charge in [-0.3, -0.25) is 4.90 Å². The number of hydrogen-bond donors (Lipinski definition) is 2. The van der Waals surface area contributed by atoms with Crippen LogP contribution in [-0.2, 0) is 0 Å². The molecule has 1 fully saturated rings. The van der Waals surface area contributed by atoms with Crippen molar-refractivity contribution in [3.8, 4) is 11.5 Å². The lowest BCUT2D eigenvalue weighted by Crippen LogP contribution is -2.45. The lowest BCUT2D eigenvalue weighted by atomic mass is 10.0. The van der Waals surface area contributed by atoms with Crippen LogP contribution in [0.15, 0.2) is 16.6 Å². The number of rotatable bonds is 5. The van der Waals surface area contributed by atoms with Gasteiger partial charge in [0.1, 0.15) is 0 Å². The van der Waals surface area contributed by atoms with Crippen molar-refractivity contribution < 1.29 is 9.84 Å². The molecule has 7 heteroatoms. The Labute approximate surface area is 153 Å². The van der Waals surface area contributed by atoms with E-state index in [2.05, 4.69) is 33.1 Å². The molecule has 22 heavy (non-hydrogen) atoms. The number of phenolic OH excluding ortho intramolecular Hbond substituents is 1. The van der Waals surface area contributed by atoms with Gasteiger partial charge in [-0.15, -0.1) is 24.8 Å². The molecule has 0 unspecified atom stereocenters. The van der Waals surface area contributed by atoms with E-state index in [4.69, 9.17) is 4.74 Å². The second-order valence-electron chi connectivity index (χ2n) is 4.99. The fourth-order valence-electron chi connectivity index (χ4n) is 2.75. The minimum Gasteiger partial charge on any atom is -0.503 e. The molecule has 1 heterocycles. The zero-order valence-corrected chi connectivity index (χ0v) is 16.2. The van der Waals surface area contributed by atoms with E-state index in [1.54, 1.807) is 0 Å². The number of benzene rings is 1. The topological polar surface area (TPSA) is 44.7 Å². The summed E-state index contributed by atoms with van der Waals surface area (Å²) in [6.07, 6.45) is 1.04. The summed E-state index contributed by atoms with van der Waals surface area (Å²) in [5.74, 6) is 0.747. The van der Waals surface area contributed by atoms with E-state index >= 15 is 0 Å². The van der Waals surface area contributed by atoms with Crippen molar-refractivity contribution in [2.75, 3.05) is 32.8 Å². The molecule has 0 spiro atoms. The summed E-state index contributed by atoms with van der Waals surface area (Å²) >= 11 is 3.43. The van der Waals surface area contributed by atoms with Crippen LogP contribution in [-0.4, -0.2) is 42.8 Å². The first-order valence-electron chi connectivity index (χ1n) is 7.27. The van der Waals surface area contributed by atoms with Gasteiger partial charge < -0.3 is 15.2 Å². The molecule has 1 atom stereocenters. The zero-order valence-electron chi connectivity index (χ0n) is 13.0. The standard InChI is InChI=1S/C15H23BrN2O2.2ClH/c1-3-13(18-7-5-17-6-8-18)11-9-12(16)15(19)14(10-11)20-4-2;;/h9-10,13,17,19H,3-8H2,1-2H3;2*1H/t13-;;/m1../s1. The van der Waals surface area contributed by atoms with Crippen molar-refractivity contribution >= 4 is 40.7 Å². The second-order valence-corrected chi connectivity index (χ2v) is 5.85. The lowest BCUT2D eigenvalue weighted by molar-refractivity contribution is 0.169. The van der Waals surface area contributed by atoms with E-state index in [9.17, 15) is 5.11 Å². The smallest absolute Gasteiger partial charge is 0.172 e. The Morgan fingerprint density at radius 1 is 1.27 bits per heavy atom. The van der Waals surface area contributed by atoms with Gasteiger partial charge in [0.05, 0.1) is 11.1 Å². The second kappa shape index (κ2) is 10.6. The molecule has 1 saturated heterocycles. The lowest BCUT2D eigenvalue weighted by Gasteiger charge is -2.35. The van der Waals surface area contributed by atoms with Crippen LogP contribution in [0.2, 0.25) is 0 Å². The van der Waals surface area contributed by atoms with Gasteiger partial charge >= 0.3 is 0 Å². The number of hydrogen-bond acceptors (Lipinski definition) is 4. The summed E-state index contributed by atoms with van der Waals surface area (Å²) in [5, 5.41) is 13.4. The van der Waals surface area contributed by atoms with Crippen LogP contribution in [0, 0.1) is 0 Å². The maximum Gasteiger partial charge on any atom is 0.172 e. The van der Waals surface area contributed by atoms with E-state index in [-0.39, 0.29) is 30.6 Å². The van der Waals surface area contributed by atoms with Gasteiger partial charge in [0.25, 0.3) is 0 Å². The highest BCUT2D eigenvalue weighted by Gasteiger charge is 2.22. The van der Waals surface area contributed by atoms with Crippen molar-refractivity contribution in [1.29, 1.82) is 0 Å². The van der Waals surface area contributed by atoms with Crippen molar-refractivity contribution in [3.63, 3.8) is 0 Å². The van der Waals surface area contributed by atoms with E-state index in [1.807, 2.05) is 19.1 Å². The maximum atomic E-state index is 10.0. The molecule has 2 N–H and O–H groups in total. The maximum absolute atomic E-state index is 10.0. The van der Waals surface area contributed by atoms with Crippen LogP contribution in [0.4, 0.5) is 0 Å². The number of phenols is 1. The van der Waals surface area contributed by atoms with Gasteiger partial charge in [0.15, 0.2) is 11.5 Å². The van der Waals surface area contributed by atoms with Crippen LogP contribution >= 0.6 is 40.7 Å². The highest BCUT2D eigenvalue weighted by Crippen LogP contribution is 2.39. The van der Waals surface area contributed by atoms with Crippen LogP contribution in [0.25, 0.3) is 0 Å². The van der Waals surface area contributed by atoms with Gasteiger partial charge in [-0.25, -0.2) is 0 Å². The Hall–Kier alpha value is -0.200. The first-order chi connectivity index (χ1) is 9.67. The molecule has 1 aromatic carbocycles. The van der Waals surface area contributed by atoms with Gasteiger partial charge in [0.2, 0.25) is 0 Å². The number of halogens is 3. The monoisotopic (exact) mass is 414 g/mol. The average Bonchev–Trinajstić information content (AvgIpc) is 2.46. The number of nitrogens with one attached hydrogen (secondary N) is 1. The third-order valence-electron chi connectivity index (χ3n) is 3.71. The average molecular weight is 416 g/mol. The highest BCUT2D eigenvalue weighted by molar-refractivity contribution is 9.10. The molecule has 1 aliphatic rings. The van der Waals surface area contributed by atoms with Gasteiger partial charge in [0, 0.05) is 32.2 Å². The summed E-state index contributed by atoms with van der Waals surface area (Å²) in [6.45, 7) is 8.86. The normalized spacial score (nSPS) is 16.3. The van der Waals surface area contributed by atoms with Crippen LogP contribution in [0.1, 0.15) is 31.9 Å². The van der Waals surface area contributed by atoms with Gasteiger partial charge in [-0.05, 0) is 47.0 Å². The summed E-state index contributed by atoms with van der Waals surface area (Å²) in [4.78, 5) is 2.49. The minimum atomic E-state index is 0. The molecule has 2 rings (SSSR count). The molecule has 128 valence electrons. The quantitative estimate of drug-likeness (QED) is 0.768. The first kappa shape index (κ1) is 21.8. The third-order valence-corrected chi connectivity index (χ3v) is 4.32. The van der Waals surface area contributed by atoms with Crippen molar-refractivity contribution in [2.24, 2.45) is 0 Å². The molecule has 0 aromatic heterocycles. The summed E-state index contributed by atoms with van der Waals surface area (Å²) in [7, 11) is 0. The number of piperazine rings is 1. The Morgan fingerprint density at radius 2 is 1.91 bits per heavy atom. The summed E-state index contributed by atoms with van der Waals surface area (Å²) in [6, 6.07) is 4.35. The molecule has 0 bridgehead atoms. The molecular formula is C15H25BrCl2N2O2.